The van der Waals surface area contributed by atoms with E-state index in [9.17, 15) is 0 Å². The van der Waals surface area contributed by atoms with E-state index in [-0.39, 0.29) is 6.17 Å². The topological polar surface area (TPSA) is 43.2 Å². The Bertz CT molecular complexity index is 518. The summed E-state index contributed by atoms with van der Waals surface area (Å²) in [6, 6.07) is 8.12. The summed E-state index contributed by atoms with van der Waals surface area (Å²) < 4.78 is 7.45. The smallest absolute Gasteiger partial charge is 0.113 e. The molecule has 2 heterocycles. The molecule has 0 spiro atoms. The molecule has 1 aliphatic heterocycles. The van der Waals surface area contributed by atoms with Crippen LogP contribution < -0.4 is 0 Å². The first-order valence-corrected chi connectivity index (χ1v) is 6.52. The first-order chi connectivity index (χ1) is 8.90. The maximum Gasteiger partial charge on any atom is 0.113 e. The van der Waals surface area contributed by atoms with Gasteiger partial charge in [-0.1, -0.05) is 24.3 Å². The number of morpholine rings is 1. The lowest BCUT2D eigenvalue weighted by Crippen LogP contribution is -2.41. The molecule has 1 saturated heterocycles. The fourth-order valence-corrected chi connectivity index (χ4v) is 2.57. The van der Waals surface area contributed by atoms with E-state index in [0.717, 1.165) is 43.8 Å². The molecule has 2 aromatic rings. The van der Waals surface area contributed by atoms with Gasteiger partial charge >= 0.3 is 0 Å². The number of rotatable bonds is 3. The lowest BCUT2D eigenvalue weighted by atomic mass is 10.2. The highest BCUT2D eigenvalue weighted by molar-refractivity contribution is 5.73. The van der Waals surface area contributed by atoms with Crippen LogP contribution in [-0.2, 0) is 4.74 Å². The SMILES string of the molecule is CCC(N1CCOCC1)n1nnc2ccccc21. The third-order valence-corrected chi connectivity index (χ3v) is 3.49. The molecule has 1 atom stereocenters. The summed E-state index contributed by atoms with van der Waals surface area (Å²) >= 11 is 0. The second-order valence-corrected chi connectivity index (χ2v) is 4.56. The van der Waals surface area contributed by atoms with Crippen molar-refractivity contribution >= 4 is 11.0 Å². The van der Waals surface area contributed by atoms with Crippen molar-refractivity contribution in [3.8, 4) is 0 Å². The molecular weight excluding hydrogens is 228 g/mol. The van der Waals surface area contributed by atoms with E-state index in [4.69, 9.17) is 4.74 Å². The summed E-state index contributed by atoms with van der Waals surface area (Å²) in [6.07, 6.45) is 1.30. The fourth-order valence-electron chi connectivity index (χ4n) is 2.57. The van der Waals surface area contributed by atoms with Crippen molar-refractivity contribution in [1.29, 1.82) is 0 Å². The van der Waals surface area contributed by atoms with Crippen LogP contribution >= 0.6 is 0 Å². The molecule has 1 aromatic heterocycles. The van der Waals surface area contributed by atoms with Crippen molar-refractivity contribution in [1.82, 2.24) is 19.9 Å². The van der Waals surface area contributed by atoms with Gasteiger partial charge in [0.2, 0.25) is 0 Å². The quantitative estimate of drug-likeness (QED) is 0.826. The van der Waals surface area contributed by atoms with E-state index in [1.54, 1.807) is 0 Å². The average molecular weight is 246 g/mol. The van der Waals surface area contributed by atoms with Gasteiger partial charge in [0.15, 0.2) is 0 Å². The number of hydrogen-bond donors (Lipinski definition) is 0. The molecule has 0 aliphatic carbocycles. The lowest BCUT2D eigenvalue weighted by molar-refractivity contribution is -0.00539. The van der Waals surface area contributed by atoms with Crippen LogP contribution in [0.25, 0.3) is 11.0 Å². The Balaban J connectivity index is 1.95. The number of ether oxygens (including phenoxy) is 1. The number of benzene rings is 1. The van der Waals surface area contributed by atoms with Gasteiger partial charge in [0.05, 0.1) is 18.7 Å². The van der Waals surface area contributed by atoms with Gasteiger partial charge < -0.3 is 4.74 Å². The molecule has 5 heteroatoms. The number of nitrogens with zero attached hydrogens (tertiary/aromatic N) is 4. The van der Waals surface area contributed by atoms with E-state index in [1.165, 1.54) is 0 Å². The van der Waals surface area contributed by atoms with Gasteiger partial charge in [-0.05, 0) is 18.6 Å². The minimum absolute atomic E-state index is 0.279. The maximum atomic E-state index is 5.41. The van der Waals surface area contributed by atoms with Crippen LogP contribution in [-0.4, -0.2) is 46.2 Å². The predicted molar refractivity (Wildman–Crippen MR) is 69.2 cm³/mol. The van der Waals surface area contributed by atoms with Crippen LogP contribution in [0.3, 0.4) is 0 Å². The van der Waals surface area contributed by atoms with Gasteiger partial charge in [-0.25, -0.2) is 4.68 Å². The Labute approximate surface area is 106 Å². The Morgan fingerprint density at radius 3 is 2.83 bits per heavy atom. The third-order valence-electron chi connectivity index (χ3n) is 3.49. The van der Waals surface area contributed by atoms with Crippen molar-refractivity contribution in [2.24, 2.45) is 0 Å². The van der Waals surface area contributed by atoms with E-state index in [2.05, 4.69) is 28.2 Å². The van der Waals surface area contributed by atoms with Gasteiger partial charge in [0, 0.05) is 13.1 Å². The van der Waals surface area contributed by atoms with Gasteiger partial charge in [0.1, 0.15) is 11.7 Å². The second kappa shape index (κ2) is 5.04. The third kappa shape index (κ3) is 2.00. The summed E-state index contributed by atoms with van der Waals surface area (Å²) in [4.78, 5) is 2.42. The van der Waals surface area contributed by atoms with Gasteiger partial charge in [0.25, 0.3) is 0 Å². The zero-order valence-corrected chi connectivity index (χ0v) is 10.6. The van der Waals surface area contributed by atoms with Gasteiger partial charge in [-0.3, -0.25) is 4.90 Å². The normalized spacial score (nSPS) is 19.2. The Hall–Kier alpha value is -1.46. The highest BCUT2D eigenvalue weighted by Crippen LogP contribution is 2.22. The molecule has 1 aromatic carbocycles. The second-order valence-electron chi connectivity index (χ2n) is 4.56. The largest absolute Gasteiger partial charge is 0.379 e. The molecule has 5 nitrogen and oxygen atoms in total. The first-order valence-electron chi connectivity index (χ1n) is 6.52. The minimum Gasteiger partial charge on any atom is -0.379 e. The Morgan fingerprint density at radius 1 is 1.28 bits per heavy atom. The molecule has 1 unspecified atom stereocenters. The van der Waals surface area contributed by atoms with Crippen molar-refractivity contribution in [2.45, 2.75) is 19.5 Å². The average Bonchev–Trinajstić information content (AvgIpc) is 2.85. The molecule has 0 amide bonds. The van der Waals surface area contributed by atoms with Crippen LogP contribution in [0.1, 0.15) is 19.5 Å². The highest BCUT2D eigenvalue weighted by Gasteiger charge is 2.23. The molecule has 1 fully saturated rings. The molecule has 0 N–H and O–H groups in total. The van der Waals surface area contributed by atoms with E-state index in [1.807, 2.05) is 22.9 Å². The summed E-state index contributed by atoms with van der Waals surface area (Å²) in [5.41, 5.74) is 2.07. The lowest BCUT2D eigenvalue weighted by Gasteiger charge is -2.33. The van der Waals surface area contributed by atoms with Crippen molar-refractivity contribution in [2.75, 3.05) is 26.3 Å². The molecule has 0 radical (unpaired) electrons. The summed E-state index contributed by atoms with van der Waals surface area (Å²) in [7, 11) is 0. The summed E-state index contributed by atoms with van der Waals surface area (Å²) in [5, 5.41) is 8.56. The van der Waals surface area contributed by atoms with Crippen LogP contribution in [0.5, 0.6) is 0 Å². The molecule has 0 bridgehead atoms. The molecule has 18 heavy (non-hydrogen) atoms. The predicted octanol–water partition coefficient (Wildman–Crippen LogP) is 1.67. The number of para-hydroxylation sites is 1. The van der Waals surface area contributed by atoms with Crippen molar-refractivity contribution < 1.29 is 4.74 Å². The first kappa shape index (κ1) is 11.6. The minimum atomic E-state index is 0.279. The fraction of sp³-hybridized carbons (Fsp3) is 0.538. The van der Waals surface area contributed by atoms with E-state index < -0.39 is 0 Å². The van der Waals surface area contributed by atoms with Crippen LogP contribution in [0.4, 0.5) is 0 Å². The molecule has 1 aliphatic rings. The number of hydrogen-bond acceptors (Lipinski definition) is 4. The zero-order chi connectivity index (χ0) is 12.4. The monoisotopic (exact) mass is 246 g/mol. The van der Waals surface area contributed by atoms with Crippen molar-refractivity contribution in [3.05, 3.63) is 24.3 Å². The van der Waals surface area contributed by atoms with Crippen LogP contribution in [0.2, 0.25) is 0 Å². The molecule has 96 valence electrons. The molecule has 3 rings (SSSR count). The number of aromatic nitrogens is 3. The van der Waals surface area contributed by atoms with Crippen LogP contribution in [0, 0.1) is 0 Å². The standard InChI is InChI=1S/C13H18N4O/c1-2-13(16-7-9-18-10-8-16)17-12-6-4-3-5-11(12)14-15-17/h3-6,13H,2,7-10H2,1H3. The van der Waals surface area contributed by atoms with Gasteiger partial charge in [-0.2, -0.15) is 0 Å². The van der Waals surface area contributed by atoms with E-state index in [0.29, 0.717) is 0 Å². The Morgan fingerprint density at radius 2 is 2.06 bits per heavy atom. The summed E-state index contributed by atoms with van der Waals surface area (Å²) in [5.74, 6) is 0. The maximum absolute atomic E-state index is 5.41. The highest BCUT2D eigenvalue weighted by atomic mass is 16.5. The number of fused-ring (bicyclic) bond motifs is 1. The molecule has 0 saturated carbocycles. The Kier molecular flexibility index (Phi) is 3.25. The zero-order valence-electron chi connectivity index (χ0n) is 10.6. The van der Waals surface area contributed by atoms with Crippen molar-refractivity contribution in [3.63, 3.8) is 0 Å². The van der Waals surface area contributed by atoms with Crippen LogP contribution in [0.15, 0.2) is 24.3 Å². The molecular formula is C13H18N4O. The summed E-state index contributed by atoms with van der Waals surface area (Å²) in [6.45, 7) is 5.74. The van der Waals surface area contributed by atoms with Gasteiger partial charge in [-0.15, -0.1) is 5.10 Å². The van der Waals surface area contributed by atoms with E-state index >= 15 is 0 Å².